The molecular formula is C14H22FNO. The summed E-state index contributed by atoms with van der Waals surface area (Å²) in [5.41, 5.74) is 0.797. The van der Waals surface area contributed by atoms with Gasteiger partial charge in [0.05, 0.1) is 0 Å². The second kappa shape index (κ2) is 7.41. The van der Waals surface area contributed by atoms with Gasteiger partial charge >= 0.3 is 0 Å². The highest BCUT2D eigenvalue weighted by Crippen LogP contribution is 2.28. The van der Waals surface area contributed by atoms with Crippen molar-refractivity contribution in [3.05, 3.63) is 35.6 Å². The minimum atomic E-state index is -0.114. The Bertz CT molecular complexity index is 330. The lowest BCUT2D eigenvalue weighted by Crippen LogP contribution is -2.24. The van der Waals surface area contributed by atoms with Crippen LogP contribution in [0.4, 0.5) is 4.39 Å². The molecule has 96 valence electrons. The van der Waals surface area contributed by atoms with Crippen molar-refractivity contribution in [1.29, 1.82) is 0 Å². The first-order valence-corrected chi connectivity index (χ1v) is 6.08. The molecular weight excluding hydrogens is 217 g/mol. The molecule has 1 aromatic rings. The molecule has 0 radical (unpaired) electrons. The Morgan fingerprint density at radius 3 is 2.65 bits per heavy atom. The molecule has 0 aromatic heterocycles. The van der Waals surface area contributed by atoms with Gasteiger partial charge in [0.1, 0.15) is 5.82 Å². The Hall–Kier alpha value is -0.930. The number of hydrogen-bond acceptors (Lipinski definition) is 2. The minimum absolute atomic E-state index is 0.114. The molecule has 0 bridgehead atoms. The number of halogens is 1. The van der Waals surface area contributed by atoms with Crippen molar-refractivity contribution in [2.75, 3.05) is 27.3 Å². The van der Waals surface area contributed by atoms with Gasteiger partial charge < -0.3 is 10.1 Å². The number of benzene rings is 1. The lowest BCUT2D eigenvalue weighted by atomic mass is 9.85. The molecule has 0 aliphatic carbocycles. The van der Waals surface area contributed by atoms with E-state index in [1.165, 1.54) is 6.07 Å². The molecule has 1 aromatic carbocycles. The first-order chi connectivity index (χ1) is 8.20. The second-order valence-corrected chi connectivity index (χ2v) is 4.44. The third-order valence-corrected chi connectivity index (χ3v) is 3.19. The van der Waals surface area contributed by atoms with Gasteiger partial charge in [-0.2, -0.15) is 0 Å². The van der Waals surface area contributed by atoms with Crippen molar-refractivity contribution in [3.8, 4) is 0 Å². The molecule has 2 atom stereocenters. The third-order valence-electron chi connectivity index (χ3n) is 3.19. The first-order valence-electron chi connectivity index (χ1n) is 6.08. The fourth-order valence-electron chi connectivity index (χ4n) is 2.12. The maximum absolute atomic E-state index is 13.8. The molecule has 0 spiro atoms. The smallest absolute Gasteiger partial charge is 0.126 e. The molecule has 0 saturated carbocycles. The van der Waals surface area contributed by atoms with Crippen LogP contribution in [-0.4, -0.2) is 27.3 Å². The molecule has 1 N–H and O–H groups in total. The SMILES string of the molecule is CNCC(c1ccccc1F)C(C)CCOC. The van der Waals surface area contributed by atoms with E-state index in [0.717, 1.165) is 25.1 Å². The summed E-state index contributed by atoms with van der Waals surface area (Å²) in [6.07, 6.45) is 0.942. The Labute approximate surface area is 103 Å². The van der Waals surface area contributed by atoms with Gasteiger partial charge in [-0.1, -0.05) is 25.1 Å². The number of hydrogen-bond donors (Lipinski definition) is 1. The van der Waals surface area contributed by atoms with E-state index in [4.69, 9.17) is 4.74 Å². The number of ether oxygens (including phenoxy) is 1. The predicted octanol–water partition coefficient (Wildman–Crippen LogP) is 2.80. The number of nitrogens with one attached hydrogen (secondary N) is 1. The summed E-state index contributed by atoms with van der Waals surface area (Å²) in [5.74, 6) is 0.465. The van der Waals surface area contributed by atoms with E-state index >= 15 is 0 Å². The van der Waals surface area contributed by atoms with Crippen LogP contribution in [0.1, 0.15) is 24.8 Å². The maximum Gasteiger partial charge on any atom is 0.126 e. The largest absolute Gasteiger partial charge is 0.385 e. The molecule has 17 heavy (non-hydrogen) atoms. The lowest BCUT2D eigenvalue weighted by Gasteiger charge is -2.24. The van der Waals surface area contributed by atoms with Crippen LogP contribution in [0, 0.1) is 11.7 Å². The minimum Gasteiger partial charge on any atom is -0.385 e. The van der Waals surface area contributed by atoms with E-state index in [2.05, 4.69) is 12.2 Å². The Morgan fingerprint density at radius 1 is 1.35 bits per heavy atom. The van der Waals surface area contributed by atoms with Crippen molar-refractivity contribution in [3.63, 3.8) is 0 Å². The van der Waals surface area contributed by atoms with E-state index in [1.54, 1.807) is 13.2 Å². The summed E-state index contributed by atoms with van der Waals surface area (Å²) in [6.45, 7) is 3.65. The maximum atomic E-state index is 13.8. The highest BCUT2D eigenvalue weighted by atomic mass is 19.1. The van der Waals surface area contributed by atoms with Gasteiger partial charge in [0, 0.05) is 26.2 Å². The molecule has 3 heteroatoms. The van der Waals surface area contributed by atoms with Gasteiger partial charge in [-0.15, -0.1) is 0 Å². The van der Waals surface area contributed by atoms with Crippen molar-refractivity contribution in [2.45, 2.75) is 19.3 Å². The third kappa shape index (κ3) is 4.10. The molecule has 0 heterocycles. The van der Waals surface area contributed by atoms with Crippen LogP contribution in [0.3, 0.4) is 0 Å². The average molecular weight is 239 g/mol. The zero-order valence-electron chi connectivity index (χ0n) is 10.9. The average Bonchev–Trinajstić information content (AvgIpc) is 2.34. The summed E-state index contributed by atoms with van der Waals surface area (Å²) >= 11 is 0. The zero-order valence-corrected chi connectivity index (χ0v) is 10.9. The van der Waals surface area contributed by atoms with Crippen LogP contribution in [0.25, 0.3) is 0 Å². The predicted molar refractivity (Wildman–Crippen MR) is 68.7 cm³/mol. The highest BCUT2D eigenvalue weighted by Gasteiger charge is 2.21. The van der Waals surface area contributed by atoms with E-state index in [-0.39, 0.29) is 11.7 Å². The van der Waals surface area contributed by atoms with Crippen LogP contribution >= 0.6 is 0 Å². The van der Waals surface area contributed by atoms with Crippen molar-refractivity contribution >= 4 is 0 Å². The van der Waals surface area contributed by atoms with Crippen molar-refractivity contribution in [1.82, 2.24) is 5.32 Å². The van der Waals surface area contributed by atoms with Crippen LogP contribution in [0.15, 0.2) is 24.3 Å². The summed E-state index contributed by atoms with van der Waals surface area (Å²) in [7, 11) is 3.60. The lowest BCUT2D eigenvalue weighted by molar-refractivity contribution is 0.173. The fraction of sp³-hybridized carbons (Fsp3) is 0.571. The fourth-order valence-corrected chi connectivity index (χ4v) is 2.12. The summed E-state index contributed by atoms with van der Waals surface area (Å²) < 4.78 is 18.9. The van der Waals surface area contributed by atoms with Gasteiger partial charge in [-0.05, 0) is 31.0 Å². The Kier molecular flexibility index (Phi) is 6.16. The van der Waals surface area contributed by atoms with Gasteiger partial charge in [0.25, 0.3) is 0 Å². The van der Waals surface area contributed by atoms with E-state index in [0.29, 0.717) is 5.92 Å². The van der Waals surface area contributed by atoms with Crippen LogP contribution < -0.4 is 5.32 Å². The van der Waals surface area contributed by atoms with E-state index < -0.39 is 0 Å². The molecule has 2 unspecified atom stereocenters. The normalized spacial score (nSPS) is 14.6. The summed E-state index contributed by atoms with van der Waals surface area (Å²) in [6, 6.07) is 7.03. The zero-order chi connectivity index (χ0) is 12.7. The molecule has 0 saturated heterocycles. The Morgan fingerprint density at radius 2 is 2.06 bits per heavy atom. The molecule has 0 amide bonds. The molecule has 1 rings (SSSR count). The molecule has 2 nitrogen and oxygen atoms in total. The van der Waals surface area contributed by atoms with E-state index in [1.807, 2.05) is 19.2 Å². The van der Waals surface area contributed by atoms with Crippen molar-refractivity contribution in [2.24, 2.45) is 5.92 Å². The van der Waals surface area contributed by atoms with E-state index in [9.17, 15) is 4.39 Å². The van der Waals surface area contributed by atoms with Gasteiger partial charge in [-0.3, -0.25) is 0 Å². The topological polar surface area (TPSA) is 21.3 Å². The highest BCUT2D eigenvalue weighted by molar-refractivity contribution is 5.22. The second-order valence-electron chi connectivity index (χ2n) is 4.44. The van der Waals surface area contributed by atoms with Gasteiger partial charge in [0.15, 0.2) is 0 Å². The summed E-state index contributed by atoms with van der Waals surface area (Å²) in [4.78, 5) is 0. The van der Waals surface area contributed by atoms with Crippen LogP contribution in [0.5, 0.6) is 0 Å². The van der Waals surface area contributed by atoms with Crippen LogP contribution in [0.2, 0.25) is 0 Å². The first kappa shape index (κ1) is 14.1. The number of rotatable bonds is 7. The number of methoxy groups -OCH3 is 1. The number of likely N-dealkylation sites (N-methyl/N-ethyl adjacent to an activating group) is 1. The summed E-state index contributed by atoms with van der Waals surface area (Å²) in [5, 5.41) is 3.14. The standard InChI is InChI=1S/C14H22FNO/c1-11(8-9-17-3)13(10-16-2)12-6-4-5-7-14(12)15/h4-7,11,13,16H,8-10H2,1-3H3. The molecule has 0 aliphatic heterocycles. The van der Waals surface area contributed by atoms with Gasteiger partial charge in [-0.25, -0.2) is 4.39 Å². The van der Waals surface area contributed by atoms with Gasteiger partial charge in [0.2, 0.25) is 0 Å². The molecule has 0 aliphatic rings. The van der Waals surface area contributed by atoms with Crippen molar-refractivity contribution < 1.29 is 9.13 Å². The van der Waals surface area contributed by atoms with Crippen LogP contribution in [-0.2, 0) is 4.74 Å². The Balaban J connectivity index is 2.81. The monoisotopic (exact) mass is 239 g/mol. The molecule has 0 fully saturated rings. The quantitative estimate of drug-likeness (QED) is 0.790.